The van der Waals surface area contributed by atoms with Crippen LogP contribution in [0.1, 0.15) is 59.8 Å². The van der Waals surface area contributed by atoms with Crippen LogP contribution in [0, 0.1) is 17.2 Å². The Morgan fingerprint density at radius 1 is 1.39 bits per heavy atom. The van der Waals surface area contributed by atoms with Crippen LogP contribution in [-0.4, -0.2) is 24.3 Å². The third-order valence-corrected chi connectivity index (χ3v) is 3.37. The first-order valence-corrected chi connectivity index (χ1v) is 7.26. The van der Waals surface area contributed by atoms with Gasteiger partial charge in [-0.3, -0.25) is 5.32 Å². The number of hydrogen-bond donors (Lipinski definition) is 1. The average Bonchev–Trinajstić information content (AvgIpc) is 3.07. The third kappa shape index (κ3) is 6.37. The van der Waals surface area contributed by atoms with Crippen molar-refractivity contribution in [3.8, 4) is 6.07 Å². The van der Waals surface area contributed by atoms with Crippen molar-refractivity contribution in [3.05, 3.63) is 0 Å². The molecule has 18 heavy (non-hydrogen) atoms. The van der Waals surface area contributed by atoms with Crippen LogP contribution < -0.4 is 5.32 Å². The van der Waals surface area contributed by atoms with Gasteiger partial charge in [0.05, 0.1) is 12.2 Å². The largest absolute Gasteiger partial charge is 0.378 e. The van der Waals surface area contributed by atoms with Gasteiger partial charge in [0.25, 0.3) is 0 Å². The average molecular weight is 252 g/mol. The predicted octanol–water partition coefficient (Wildman–Crippen LogP) is 3.25. The minimum atomic E-state index is -0.369. The van der Waals surface area contributed by atoms with Gasteiger partial charge in [-0.1, -0.05) is 13.8 Å². The predicted molar refractivity (Wildman–Crippen MR) is 74.3 cm³/mol. The minimum Gasteiger partial charge on any atom is -0.378 e. The van der Waals surface area contributed by atoms with E-state index in [0.29, 0.717) is 18.1 Å². The highest BCUT2D eigenvalue weighted by atomic mass is 16.5. The van der Waals surface area contributed by atoms with Gasteiger partial charge in [-0.2, -0.15) is 5.26 Å². The van der Waals surface area contributed by atoms with Crippen molar-refractivity contribution in [3.63, 3.8) is 0 Å². The van der Waals surface area contributed by atoms with Crippen molar-refractivity contribution in [2.75, 3.05) is 6.61 Å². The normalized spacial score (nSPS) is 20.4. The van der Waals surface area contributed by atoms with Gasteiger partial charge >= 0.3 is 0 Å². The van der Waals surface area contributed by atoms with Gasteiger partial charge in [-0.25, -0.2) is 0 Å². The third-order valence-electron chi connectivity index (χ3n) is 3.37. The molecule has 0 amide bonds. The smallest absolute Gasteiger partial charge is 0.104 e. The molecule has 1 rings (SSSR count). The van der Waals surface area contributed by atoms with Crippen LogP contribution in [0.25, 0.3) is 0 Å². The maximum absolute atomic E-state index is 9.24. The fourth-order valence-corrected chi connectivity index (χ4v) is 2.28. The Morgan fingerprint density at radius 3 is 2.56 bits per heavy atom. The van der Waals surface area contributed by atoms with E-state index >= 15 is 0 Å². The van der Waals surface area contributed by atoms with Crippen molar-refractivity contribution < 1.29 is 4.74 Å². The zero-order valence-electron chi connectivity index (χ0n) is 12.3. The number of nitrogens with zero attached hydrogens (tertiary/aromatic N) is 1. The van der Waals surface area contributed by atoms with E-state index in [-0.39, 0.29) is 5.54 Å². The highest BCUT2D eigenvalue weighted by Gasteiger charge is 2.31. The number of hydrogen-bond acceptors (Lipinski definition) is 3. The Hall–Kier alpha value is -0.590. The molecule has 0 aliphatic heterocycles. The second-order valence-electron chi connectivity index (χ2n) is 6.28. The summed E-state index contributed by atoms with van der Waals surface area (Å²) in [6.07, 6.45) is 5.70. The van der Waals surface area contributed by atoms with Crippen LogP contribution in [0.4, 0.5) is 0 Å². The molecule has 0 radical (unpaired) electrons. The number of nitriles is 1. The van der Waals surface area contributed by atoms with E-state index in [0.717, 1.165) is 25.9 Å². The molecule has 104 valence electrons. The highest BCUT2D eigenvalue weighted by molar-refractivity contribution is 5.06. The van der Waals surface area contributed by atoms with Gasteiger partial charge < -0.3 is 4.74 Å². The Labute approximate surface area is 112 Å². The van der Waals surface area contributed by atoms with Crippen LogP contribution in [0.15, 0.2) is 0 Å². The van der Waals surface area contributed by atoms with Gasteiger partial charge in [0.1, 0.15) is 5.54 Å². The molecule has 0 aromatic rings. The Kier molecular flexibility index (Phi) is 6.11. The molecular weight excluding hydrogens is 224 g/mol. The van der Waals surface area contributed by atoms with Gasteiger partial charge in [-0.15, -0.1) is 0 Å². The van der Waals surface area contributed by atoms with E-state index in [4.69, 9.17) is 4.74 Å². The lowest BCUT2D eigenvalue weighted by Crippen LogP contribution is -2.42. The van der Waals surface area contributed by atoms with Crippen LogP contribution >= 0.6 is 0 Å². The van der Waals surface area contributed by atoms with Crippen molar-refractivity contribution in [2.45, 2.75) is 77.5 Å². The van der Waals surface area contributed by atoms with Crippen LogP contribution in [0.2, 0.25) is 0 Å². The molecule has 0 bridgehead atoms. The summed E-state index contributed by atoms with van der Waals surface area (Å²) in [6, 6.07) is 2.98. The lowest BCUT2D eigenvalue weighted by molar-refractivity contribution is 0.0475. The molecule has 1 saturated carbocycles. The van der Waals surface area contributed by atoms with Crippen molar-refractivity contribution in [1.82, 2.24) is 5.32 Å². The lowest BCUT2D eigenvalue weighted by atomic mass is 9.97. The maximum atomic E-state index is 9.24. The molecule has 3 nitrogen and oxygen atoms in total. The first kappa shape index (κ1) is 15.5. The van der Waals surface area contributed by atoms with Crippen molar-refractivity contribution in [2.24, 2.45) is 5.92 Å². The molecule has 2 atom stereocenters. The summed E-state index contributed by atoms with van der Waals surface area (Å²) in [5, 5.41) is 12.7. The van der Waals surface area contributed by atoms with Gasteiger partial charge in [-0.05, 0) is 51.9 Å². The zero-order chi connectivity index (χ0) is 13.6. The van der Waals surface area contributed by atoms with Crippen LogP contribution in [-0.2, 0) is 4.74 Å². The van der Waals surface area contributed by atoms with E-state index in [9.17, 15) is 5.26 Å². The topological polar surface area (TPSA) is 45.0 Å². The van der Waals surface area contributed by atoms with E-state index in [1.807, 2.05) is 6.92 Å². The van der Waals surface area contributed by atoms with Gasteiger partial charge in [0.2, 0.25) is 0 Å². The molecule has 0 aromatic heterocycles. The second-order valence-corrected chi connectivity index (χ2v) is 6.28. The fourth-order valence-electron chi connectivity index (χ4n) is 2.28. The first-order chi connectivity index (χ1) is 8.45. The van der Waals surface area contributed by atoms with Crippen LogP contribution in [0.5, 0.6) is 0 Å². The molecule has 3 heteroatoms. The molecule has 0 aromatic carbocycles. The zero-order valence-corrected chi connectivity index (χ0v) is 12.3. The maximum Gasteiger partial charge on any atom is 0.104 e. The fraction of sp³-hybridized carbons (Fsp3) is 0.933. The molecule has 0 spiro atoms. The lowest BCUT2D eigenvalue weighted by Gasteiger charge is -2.23. The Balaban J connectivity index is 2.13. The second kappa shape index (κ2) is 7.11. The molecule has 1 fully saturated rings. The molecule has 0 saturated heterocycles. The molecule has 1 aliphatic carbocycles. The number of ether oxygens (including phenoxy) is 1. The summed E-state index contributed by atoms with van der Waals surface area (Å²) in [7, 11) is 0. The summed E-state index contributed by atoms with van der Waals surface area (Å²) in [6.45, 7) is 9.32. The first-order valence-electron chi connectivity index (χ1n) is 7.26. The molecule has 2 unspecified atom stereocenters. The summed E-state index contributed by atoms with van der Waals surface area (Å²) in [5.74, 6) is 0.681. The SMILES string of the molecule is CC(C)CC(C)OCCCC(C)(C#N)NC1CC1. The van der Waals surface area contributed by atoms with Crippen LogP contribution in [0.3, 0.4) is 0 Å². The quantitative estimate of drug-likeness (QED) is 0.641. The Bertz CT molecular complexity index is 281. The van der Waals surface area contributed by atoms with Gasteiger partial charge in [0.15, 0.2) is 0 Å². The summed E-state index contributed by atoms with van der Waals surface area (Å²) >= 11 is 0. The van der Waals surface area contributed by atoms with E-state index in [1.165, 1.54) is 12.8 Å². The summed E-state index contributed by atoms with van der Waals surface area (Å²) < 4.78 is 5.78. The van der Waals surface area contributed by atoms with Crippen molar-refractivity contribution >= 4 is 0 Å². The summed E-state index contributed by atoms with van der Waals surface area (Å²) in [5.41, 5.74) is -0.369. The summed E-state index contributed by atoms with van der Waals surface area (Å²) in [4.78, 5) is 0. The minimum absolute atomic E-state index is 0.328. The number of nitrogens with one attached hydrogen (secondary N) is 1. The number of rotatable bonds is 9. The Morgan fingerprint density at radius 2 is 2.06 bits per heavy atom. The molecule has 1 N–H and O–H groups in total. The highest BCUT2D eigenvalue weighted by Crippen LogP contribution is 2.24. The van der Waals surface area contributed by atoms with Gasteiger partial charge in [0, 0.05) is 12.6 Å². The molecule has 0 heterocycles. The standard InChI is InChI=1S/C15H28N2O/c1-12(2)10-13(3)18-9-5-8-15(4,11-16)17-14-6-7-14/h12-14,17H,5-10H2,1-4H3. The monoisotopic (exact) mass is 252 g/mol. The van der Waals surface area contributed by atoms with E-state index in [2.05, 4.69) is 32.2 Å². The molecule has 1 aliphatic rings. The van der Waals surface area contributed by atoms with E-state index in [1.54, 1.807) is 0 Å². The van der Waals surface area contributed by atoms with Crippen molar-refractivity contribution in [1.29, 1.82) is 5.26 Å². The molecular formula is C15H28N2O. The van der Waals surface area contributed by atoms with E-state index < -0.39 is 0 Å².